The minimum absolute atomic E-state index is 1.03. The molecule has 1 saturated carbocycles. The zero-order valence-electron chi connectivity index (χ0n) is 10.3. The van der Waals surface area contributed by atoms with Gasteiger partial charge in [0.2, 0.25) is 0 Å². The van der Waals surface area contributed by atoms with Gasteiger partial charge in [-0.05, 0) is 50.9 Å². The molecule has 2 rings (SSSR count). The molecule has 1 fully saturated rings. The lowest BCUT2D eigenvalue weighted by molar-refractivity contribution is 0.436. The Bertz CT molecular complexity index is 214. The van der Waals surface area contributed by atoms with E-state index in [1.165, 1.54) is 64.2 Å². The van der Waals surface area contributed by atoms with Gasteiger partial charge in [-0.25, -0.2) is 0 Å². The van der Waals surface area contributed by atoms with Crippen LogP contribution in [0.3, 0.4) is 0 Å². The second kappa shape index (κ2) is 5.72. The first kappa shape index (κ1) is 11.2. The molecule has 2 aliphatic rings. The lowest BCUT2D eigenvalue weighted by Crippen LogP contribution is -1.99. The minimum Gasteiger partial charge on any atom is -0.0856 e. The molecule has 2 unspecified atom stereocenters. The Morgan fingerprint density at radius 2 is 1.73 bits per heavy atom. The second-order valence-electron chi connectivity index (χ2n) is 5.79. The first-order valence-electron chi connectivity index (χ1n) is 7.00. The summed E-state index contributed by atoms with van der Waals surface area (Å²) in [5.41, 5.74) is 1.67. The highest BCUT2D eigenvalue weighted by atomic mass is 14.3. The Balaban J connectivity index is 1.90. The molecule has 0 spiro atoms. The van der Waals surface area contributed by atoms with Gasteiger partial charge in [-0.1, -0.05) is 43.8 Å². The monoisotopic (exact) mass is 206 g/mol. The van der Waals surface area contributed by atoms with Crippen molar-refractivity contribution in [2.24, 2.45) is 11.8 Å². The van der Waals surface area contributed by atoms with E-state index in [4.69, 9.17) is 0 Å². The molecular weight excluding hydrogens is 180 g/mol. The van der Waals surface area contributed by atoms with E-state index < -0.39 is 0 Å². The van der Waals surface area contributed by atoms with E-state index in [1.54, 1.807) is 5.57 Å². The second-order valence-corrected chi connectivity index (χ2v) is 5.79. The van der Waals surface area contributed by atoms with Gasteiger partial charge in [-0.3, -0.25) is 0 Å². The quantitative estimate of drug-likeness (QED) is 0.484. The maximum absolute atomic E-state index is 2.51. The fourth-order valence-electron chi connectivity index (χ4n) is 3.44. The van der Waals surface area contributed by atoms with Crippen molar-refractivity contribution in [1.29, 1.82) is 0 Å². The third-order valence-corrected chi connectivity index (χ3v) is 4.32. The molecule has 2 bridgehead atoms. The van der Waals surface area contributed by atoms with Crippen molar-refractivity contribution in [3.05, 3.63) is 11.6 Å². The minimum atomic E-state index is 1.03. The van der Waals surface area contributed by atoms with Crippen LogP contribution in [0, 0.1) is 11.8 Å². The van der Waals surface area contributed by atoms with E-state index in [1.807, 2.05) is 0 Å². The average molecular weight is 206 g/mol. The van der Waals surface area contributed by atoms with Gasteiger partial charge >= 0.3 is 0 Å². The van der Waals surface area contributed by atoms with E-state index in [0.29, 0.717) is 0 Å². The summed E-state index contributed by atoms with van der Waals surface area (Å²) in [6.45, 7) is 2.35. The van der Waals surface area contributed by atoms with E-state index in [-0.39, 0.29) is 0 Å². The van der Waals surface area contributed by atoms with Gasteiger partial charge in [0.1, 0.15) is 0 Å². The van der Waals surface area contributed by atoms with Gasteiger partial charge in [-0.15, -0.1) is 0 Å². The van der Waals surface area contributed by atoms with Crippen molar-refractivity contribution in [2.45, 2.75) is 71.1 Å². The number of fused-ring (bicyclic) bond motifs is 2. The van der Waals surface area contributed by atoms with E-state index in [0.717, 1.165) is 11.8 Å². The largest absolute Gasteiger partial charge is 0.0856 e. The van der Waals surface area contributed by atoms with Gasteiger partial charge < -0.3 is 0 Å². The van der Waals surface area contributed by atoms with Crippen LogP contribution in [0.2, 0.25) is 0 Å². The molecule has 2 aliphatic carbocycles. The van der Waals surface area contributed by atoms with Crippen molar-refractivity contribution in [3.8, 4) is 0 Å². The third kappa shape index (κ3) is 3.66. The SMILES string of the molecule is C/C1=C/CCCCCCC2CCC(C1)C2. The van der Waals surface area contributed by atoms with Gasteiger partial charge in [0.15, 0.2) is 0 Å². The summed E-state index contributed by atoms with van der Waals surface area (Å²) < 4.78 is 0. The zero-order valence-corrected chi connectivity index (χ0v) is 10.3. The van der Waals surface area contributed by atoms with Crippen LogP contribution in [0.25, 0.3) is 0 Å². The molecule has 0 saturated heterocycles. The highest BCUT2D eigenvalue weighted by molar-refractivity contribution is 5.00. The summed E-state index contributed by atoms with van der Waals surface area (Å²) in [7, 11) is 0. The molecule has 0 aromatic rings. The van der Waals surface area contributed by atoms with Crippen molar-refractivity contribution in [2.75, 3.05) is 0 Å². The molecule has 0 amide bonds. The van der Waals surface area contributed by atoms with Crippen LogP contribution >= 0.6 is 0 Å². The number of hydrogen-bond donors (Lipinski definition) is 0. The van der Waals surface area contributed by atoms with Gasteiger partial charge in [0.25, 0.3) is 0 Å². The van der Waals surface area contributed by atoms with Gasteiger partial charge in [0.05, 0.1) is 0 Å². The van der Waals surface area contributed by atoms with Crippen molar-refractivity contribution >= 4 is 0 Å². The van der Waals surface area contributed by atoms with Crippen LogP contribution in [-0.2, 0) is 0 Å². The molecule has 0 heteroatoms. The number of hydrogen-bond acceptors (Lipinski definition) is 0. The Kier molecular flexibility index (Phi) is 4.29. The third-order valence-electron chi connectivity index (χ3n) is 4.32. The molecule has 0 N–H and O–H groups in total. The summed E-state index contributed by atoms with van der Waals surface area (Å²) in [6, 6.07) is 0. The molecule has 0 nitrogen and oxygen atoms in total. The molecule has 0 aromatic heterocycles. The molecule has 0 heterocycles. The van der Waals surface area contributed by atoms with Crippen molar-refractivity contribution < 1.29 is 0 Å². The standard InChI is InChI=1S/C15H26/c1-13-7-5-3-2-4-6-8-14-9-10-15(11-13)12-14/h7,14-15H,2-6,8-12H2,1H3/b13-7-. The fourth-order valence-corrected chi connectivity index (χ4v) is 3.44. The van der Waals surface area contributed by atoms with Gasteiger partial charge in [-0.2, -0.15) is 0 Å². The summed E-state index contributed by atoms with van der Waals surface area (Å²) in [5.74, 6) is 2.12. The molecule has 15 heavy (non-hydrogen) atoms. The number of allylic oxidation sites excluding steroid dienone is 2. The smallest absolute Gasteiger partial charge is 0.0294 e. The molecule has 2 atom stereocenters. The Morgan fingerprint density at radius 1 is 0.933 bits per heavy atom. The van der Waals surface area contributed by atoms with Crippen LogP contribution in [0.15, 0.2) is 11.6 Å². The maximum atomic E-state index is 2.51. The van der Waals surface area contributed by atoms with Crippen LogP contribution < -0.4 is 0 Å². The Hall–Kier alpha value is -0.260. The average Bonchev–Trinajstić information content (AvgIpc) is 2.63. The van der Waals surface area contributed by atoms with Crippen molar-refractivity contribution in [1.82, 2.24) is 0 Å². The summed E-state index contributed by atoms with van der Waals surface area (Å²) in [5, 5.41) is 0. The lowest BCUT2D eigenvalue weighted by Gasteiger charge is -2.13. The van der Waals surface area contributed by atoms with Crippen LogP contribution in [-0.4, -0.2) is 0 Å². The first-order chi connectivity index (χ1) is 7.34. The first-order valence-corrected chi connectivity index (χ1v) is 7.00. The topological polar surface area (TPSA) is 0 Å². The fraction of sp³-hybridized carbons (Fsp3) is 0.867. The molecule has 0 aliphatic heterocycles. The van der Waals surface area contributed by atoms with E-state index in [2.05, 4.69) is 13.0 Å². The predicted molar refractivity (Wildman–Crippen MR) is 66.9 cm³/mol. The lowest BCUT2D eigenvalue weighted by atomic mass is 9.93. The normalized spacial score (nSPS) is 37.5. The zero-order chi connectivity index (χ0) is 10.5. The molecular formula is C15H26. The van der Waals surface area contributed by atoms with E-state index in [9.17, 15) is 0 Å². The van der Waals surface area contributed by atoms with Crippen LogP contribution in [0.1, 0.15) is 71.1 Å². The highest BCUT2D eigenvalue weighted by Crippen LogP contribution is 2.37. The Morgan fingerprint density at radius 3 is 2.67 bits per heavy atom. The maximum Gasteiger partial charge on any atom is -0.0294 e. The highest BCUT2D eigenvalue weighted by Gasteiger charge is 2.24. The molecule has 86 valence electrons. The molecule has 0 radical (unpaired) electrons. The Labute approximate surface area is 95.1 Å². The van der Waals surface area contributed by atoms with Crippen molar-refractivity contribution in [3.63, 3.8) is 0 Å². The van der Waals surface area contributed by atoms with Gasteiger partial charge in [0, 0.05) is 0 Å². The predicted octanol–water partition coefficient (Wildman–Crippen LogP) is 5.09. The summed E-state index contributed by atoms with van der Waals surface area (Å²) >= 11 is 0. The van der Waals surface area contributed by atoms with E-state index >= 15 is 0 Å². The van der Waals surface area contributed by atoms with Crippen LogP contribution in [0.5, 0.6) is 0 Å². The molecule has 0 aromatic carbocycles. The summed E-state index contributed by atoms with van der Waals surface area (Å²) in [6.07, 6.45) is 17.2. The summed E-state index contributed by atoms with van der Waals surface area (Å²) in [4.78, 5) is 0. The van der Waals surface area contributed by atoms with Crippen LogP contribution in [0.4, 0.5) is 0 Å². The number of rotatable bonds is 0.